The van der Waals surface area contributed by atoms with Gasteiger partial charge in [0.1, 0.15) is 5.82 Å². The van der Waals surface area contributed by atoms with Crippen LogP contribution in [-0.2, 0) is 19.5 Å². The van der Waals surface area contributed by atoms with E-state index in [-0.39, 0.29) is 5.91 Å². The molecule has 0 radical (unpaired) electrons. The zero-order valence-electron chi connectivity index (χ0n) is 17.2. The first-order valence-corrected chi connectivity index (χ1v) is 10.1. The number of carbonyl (C=O) groups excluding carboxylic acids is 1. The molecule has 4 aromatic rings. The highest BCUT2D eigenvalue weighted by molar-refractivity contribution is 5.95. The molecule has 0 unspecified atom stereocenters. The van der Waals surface area contributed by atoms with Gasteiger partial charge >= 0.3 is 0 Å². The first-order valence-electron chi connectivity index (χ1n) is 10.1. The van der Waals surface area contributed by atoms with Crippen LogP contribution in [0.3, 0.4) is 0 Å². The number of aryl methyl sites for hydroxylation is 2. The van der Waals surface area contributed by atoms with Crippen molar-refractivity contribution in [1.29, 1.82) is 0 Å². The molecule has 0 fully saturated rings. The summed E-state index contributed by atoms with van der Waals surface area (Å²) >= 11 is 0. The molecule has 6 nitrogen and oxygen atoms in total. The maximum Gasteiger partial charge on any atom is 0.254 e. The SMILES string of the molecule is CCc1cc2c(N)nccc2c(C)c1CNC(=O)c1cnn(Cc2ccccc2)c1. The van der Waals surface area contributed by atoms with E-state index in [0.717, 1.165) is 33.9 Å². The van der Waals surface area contributed by atoms with Crippen LogP contribution < -0.4 is 11.1 Å². The first kappa shape index (κ1) is 19.6. The van der Waals surface area contributed by atoms with Gasteiger partial charge < -0.3 is 11.1 Å². The number of amides is 1. The van der Waals surface area contributed by atoms with Crippen LogP contribution in [0.25, 0.3) is 10.8 Å². The van der Waals surface area contributed by atoms with Crippen LogP contribution >= 0.6 is 0 Å². The fourth-order valence-corrected chi connectivity index (χ4v) is 3.80. The van der Waals surface area contributed by atoms with E-state index in [9.17, 15) is 4.79 Å². The van der Waals surface area contributed by atoms with Gasteiger partial charge in [-0.3, -0.25) is 9.48 Å². The number of fused-ring (bicyclic) bond motifs is 1. The van der Waals surface area contributed by atoms with Crippen LogP contribution in [0.5, 0.6) is 0 Å². The summed E-state index contributed by atoms with van der Waals surface area (Å²) in [5, 5.41) is 9.40. The van der Waals surface area contributed by atoms with E-state index < -0.39 is 0 Å². The number of nitrogens with two attached hydrogens (primary N) is 1. The number of nitrogens with zero attached hydrogens (tertiary/aromatic N) is 3. The Labute approximate surface area is 175 Å². The number of hydrogen-bond acceptors (Lipinski definition) is 4. The third-order valence-electron chi connectivity index (χ3n) is 5.47. The Kier molecular flexibility index (Phi) is 5.48. The molecule has 152 valence electrons. The summed E-state index contributed by atoms with van der Waals surface area (Å²) in [6, 6.07) is 14.1. The normalized spacial score (nSPS) is 11.0. The van der Waals surface area contributed by atoms with E-state index in [0.29, 0.717) is 24.5 Å². The van der Waals surface area contributed by atoms with Crippen molar-refractivity contribution in [2.24, 2.45) is 0 Å². The molecule has 2 aromatic heterocycles. The van der Waals surface area contributed by atoms with Crippen molar-refractivity contribution in [2.75, 3.05) is 5.73 Å². The molecule has 0 aliphatic rings. The number of aromatic nitrogens is 3. The molecule has 0 saturated heterocycles. The topological polar surface area (TPSA) is 85.8 Å². The molecule has 30 heavy (non-hydrogen) atoms. The second-order valence-electron chi connectivity index (χ2n) is 7.38. The summed E-state index contributed by atoms with van der Waals surface area (Å²) in [5.74, 6) is 0.400. The Bertz CT molecular complexity index is 1200. The number of anilines is 1. The highest BCUT2D eigenvalue weighted by Crippen LogP contribution is 2.28. The summed E-state index contributed by atoms with van der Waals surface area (Å²) in [4.78, 5) is 16.9. The van der Waals surface area contributed by atoms with Gasteiger partial charge in [0.15, 0.2) is 0 Å². The Morgan fingerprint density at radius 2 is 1.97 bits per heavy atom. The van der Waals surface area contributed by atoms with Crippen molar-refractivity contribution in [3.63, 3.8) is 0 Å². The van der Waals surface area contributed by atoms with Crippen molar-refractivity contribution in [3.8, 4) is 0 Å². The molecule has 0 spiro atoms. The fraction of sp³-hybridized carbons (Fsp3) is 0.208. The summed E-state index contributed by atoms with van der Waals surface area (Å²) in [6.45, 7) is 5.26. The van der Waals surface area contributed by atoms with Crippen LogP contribution in [0.4, 0.5) is 5.82 Å². The monoisotopic (exact) mass is 399 g/mol. The standard InChI is InChI=1S/C24H25N5O/c1-3-18-11-21-20(9-10-26-23(21)25)16(2)22(18)13-27-24(30)19-12-28-29(15-19)14-17-7-5-4-6-8-17/h4-12,15H,3,13-14H2,1-2H3,(H2,25,26)(H,27,30). The summed E-state index contributed by atoms with van der Waals surface area (Å²) in [7, 11) is 0. The van der Waals surface area contributed by atoms with E-state index in [2.05, 4.69) is 35.3 Å². The number of rotatable bonds is 6. The molecule has 0 atom stereocenters. The van der Waals surface area contributed by atoms with Crippen molar-refractivity contribution in [2.45, 2.75) is 33.4 Å². The molecule has 6 heteroatoms. The van der Waals surface area contributed by atoms with Gasteiger partial charge in [0.25, 0.3) is 5.91 Å². The number of benzene rings is 2. The predicted molar refractivity (Wildman–Crippen MR) is 119 cm³/mol. The van der Waals surface area contributed by atoms with Gasteiger partial charge in [-0.1, -0.05) is 37.3 Å². The lowest BCUT2D eigenvalue weighted by Crippen LogP contribution is -2.23. The molecular weight excluding hydrogens is 374 g/mol. The van der Waals surface area contributed by atoms with E-state index in [4.69, 9.17) is 5.73 Å². The minimum Gasteiger partial charge on any atom is -0.383 e. The highest BCUT2D eigenvalue weighted by atomic mass is 16.1. The first-order chi connectivity index (χ1) is 14.6. The van der Waals surface area contributed by atoms with Gasteiger partial charge in [-0.05, 0) is 53.1 Å². The number of hydrogen-bond donors (Lipinski definition) is 2. The highest BCUT2D eigenvalue weighted by Gasteiger charge is 2.14. The second-order valence-corrected chi connectivity index (χ2v) is 7.38. The van der Waals surface area contributed by atoms with Gasteiger partial charge in [-0.25, -0.2) is 4.98 Å². The van der Waals surface area contributed by atoms with Crippen LogP contribution in [0, 0.1) is 6.92 Å². The number of nitrogens with one attached hydrogen (secondary N) is 1. The van der Waals surface area contributed by atoms with E-state index in [1.165, 1.54) is 5.56 Å². The minimum atomic E-state index is -0.134. The predicted octanol–water partition coefficient (Wildman–Crippen LogP) is 3.86. The molecule has 0 aliphatic heterocycles. The van der Waals surface area contributed by atoms with Crippen molar-refractivity contribution in [3.05, 3.63) is 88.9 Å². The molecule has 0 saturated carbocycles. The average molecular weight is 399 g/mol. The van der Waals surface area contributed by atoms with E-state index in [1.807, 2.05) is 36.4 Å². The third kappa shape index (κ3) is 3.89. The fourth-order valence-electron chi connectivity index (χ4n) is 3.80. The van der Waals surface area contributed by atoms with Crippen LogP contribution in [0.1, 0.15) is 39.5 Å². The van der Waals surface area contributed by atoms with Crippen LogP contribution in [-0.4, -0.2) is 20.7 Å². The Morgan fingerprint density at radius 1 is 1.17 bits per heavy atom. The summed E-state index contributed by atoms with van der Waals surface area (Å²) in [5.41, 5.74) is 11.2. The third-order valence-corrected chi connectivity index (χ3v) is 5.47. The Morgan fingerprint density at radius 3 is 2.73 bits per heavy atom. The van der Waals surface area contributed by atoms with Crippen molar-refractivity contribution in [1.82, 2.24) is 20.1 Å². The quantitative estimate of drug-likeness (QED) is 0.515. The summed E-state index contributed by atoms with van der Waals surface area (Å²) in [6.07, 6.45) is 5.96. The minimum absolute atomic E-state index is 0.134. The Balaban J connectivity index is 1.51. The molecule has 0 aliphatic carbocycles. The number of pyridine rings is 1. The molecule has 1 amide bonds. The van der Waals surface area contributed by atoms with E-state index >= 15 is 0 Å². The second kappa shape index (κ2) is 8.37. The molecule has 3 N–H and O–H groups in total. The molecular formula is C24H25N5O. The number of nitrogen functional groups attached to an aromatic ring is 1. The van der Waals surface area contributed by atoms with Gasteiger partial charge in [0.05, 0.1) is 18.3 Å². The maximum absolute atomic E-state index is 12.7. The average Bonchev–Trinajstić information content (AvgIpc) is 3.22. The van der Waals surface area contributed by atoms with Crippen LogP contribution in [0.2, 0.25) is 0 Å². The largest absolute Gasteiger partial charge is 0.383 e. The zero-order chi connectivity index (χ0) is 21.1. The van der Waals surface area contributed by atoms with Gasteiger partial charge in [0.2, 0.25) is 0 Å². The Hall–Kier alpha value is -3.67. The lowest BCUT2D eigenvalue weighted by molar-refractivity contribution is 0.0950. The van der Waals surface area contributed by atoms with Crippen LogP contribution in [0.15, 0.2) is 61.1 Å². The van der Waals surface area contributed by atoms with Gasteiger partial charge in [-0.15, -0.1) is 0 Å². The lowest BCUT2D eigenvalue weighted by Gasteiger charge is -2.16. The smallest absolute Gasteiger partial charge is 0.254 e. The summed E-state index contributed by atoms with van der Waals surface area (Å²) < 4.78 is 1.78. The van der Waals surface area contributed by atoms with Crippen molar-refractivity contribution >= 4 is 22.5 Å². The molecule has 2 aromatic carbocycles. The number of carbonyl (C=O) groups is 1. The molecule has 0 bridgehead atoms. The lowest BCUT2D eigenvalue weighted by atomic mass is 9.94. The molecule has 4 rings (SSSR count). The van der Waals surface area contributed by atoms with E-state index in [1.54, 1.807) is 23.3 Å². The van der Waals surface area contributed by atoms with Crippen molar-refractivity contribution < 1.29 is 4.79 Å². The van der Waals surface area contributed by atoms with Gasteiger partial charge in [-0.2, -0.15) is 5.10 Å². The maximum atomic E-state index is 12.7. The van der Waals surface area contributed by atoms with Gasteiger partial charge in [0, 0.05) is 24.3 Å². The molecule has 2 heterocycles. The zero-order valence-corrected chi connectivity index (χ0v) is 17.2.